The third-order valence-electron chi connectivity index (χ3n) is 3.40. The van der Waals surface area contributed by atoms with E-state index in [9.17, 15) is 15.0 Å². The summed E-state index contributed by atoms with van der Waals surface area (Å²) in [5, 5.41) is 20.8. The lowest BCUT2D eigenvalue weighted by molar-refractivity contribution is 0.480. The number of nitrogens with zero attached hydrogens (tertiary/aromatic N) is 1. The summed E-state index contributed by atoms with van der Waals surface area (Å²) in [6.07, 6.45) is 0. The molecule has 0 atom stereocenters. The highest BCUT2D eigenvalue weighted by Crippen LogP contribution is 2.23. The number of hydrogen-bond donors (Lipinski definition) is 3. The van der Waals surface area contributed by atoms with Crippen LogP contribution in [0.2, 0.25) is 5.15 Å². The molecule has 24 heavy (non-hydrogen) atoms. The molecule has 3 N–H and O–H groups in total. The van der Waals surface area contributed by atoms with Crippen molar-refractivity contribution >= 4 is 33.4 Å². The Bertz CT molecular complexity index is 1080. The summed E-state index contributed by atoms with van der Waals surface area (Å²) in [5.41, 5.74) is 0.832. The zero-order valence-corrected chi connectivity index (χ0v) is 13.2. The van der Waals surface area contributed by atoms with Crippen molar-refractivity contribution in [2.75, 3.05) is 0 Å². The second-order valence-corrected chi connectivity index (χ2v) is 5.43. The number of phenols is 2. The van der Waals surface area contributed by atoms with Crippen LogP contribution in [-0.2, 0) is 0 Å². The first-order chi connectivity index (χ1) is 11.5. The third kappa shape index (κ3) is 3.31. The van der Waals surface area contributed by atoms with Gasteiger partial charge in [-0.3, -0.25) is 4.79 Å². The second kappa shape index (κ2) is 6.60. The lowest BCUT2D eigenvalue weighted by atomic mass is 10.2. The Morgan fingerprint density at radius 2 is 1.50 bits per heavy atom. The third-order valence-corrected chi connectivity index (χ3v) is 3.61. The van der Waals surface area contributed by atoms with Gasteiger partial charge in [-0.25, -0.2) is 4.98 Å². The van der Waals surface area contributed by atoms with E-state index in [1.54, 1.807) is 30.3 Å². The van der Waals surface area contributed by atoms with Crippen molar-refractivity contribution in [3.05, 3.63) is 76.2 Å². The van der Waals surface area contributed by atoms with Crippen LogP contribution in [0.1, 0.15) is 0 Å². The summed E-state index contributed by atoms with van der Waals surface area (Å²) in [6.45, 7) is 0. The van der Waals surface area contributed by atoms with Crippen LogP contribution in [0.3, 0.4) is 0 Å². The molecule has 0 saturated heterocycles. The van der Waals surface area contributed by atoms with Crippen molar-refractivity contribution in [3.63, 3.8) is 0 Å². The van der Waals surface area contributed by atoms with Crippen molar-refractivity contribution < 1.29 is 10.2 Å². The summed E-state index contributed by atoms with van der Waals surface area (Å²) in [7, 11) is 0. The zero-order valence-electron chi connectivity index (χ0n) is 12.4. The Morgan fingerprint density at radius 1 is 0.833 bits per heavy atom. The van der Waals surface area contributed by atoms with Crippen LogP contribution in [0.4, 0.5) is 0 Å². The van der Waals surface area contributed by atoms with E-state index in [1.165, 1.54) is 12.1 Å². The van der Waals surface area contributed by atoms with Crippen LogP contribution in [-0.4, -0.2) is 20.2 Å². The van der Waals surface area contributed by atoms with Crippen LogP contribution in [0.15, 0.2) is 65.5 Å². The standard InChI is InChI=1S/C9H6ClNO.C9H7NO2/c10-8-5-4-6-2-1-3-7(12)9(6)11-8;11-7-3-1-2-6-4-5-8(12)10-9(6)7/h1-5,12H;1-5,11H,(H,10,12). The maximum absolute atomic E-state index is 10.9. The number of rotatable bonds is 0. The summed E-state index contributed by atoms with van der Waals surface area (Å²) < 4.78 is 0. The minimum atomic E-state index is -0.205. The van der Waals surface area contributed by atoms with Gasteiger partial charge in [0.2, 0.25) is 5.56 Å². The number of phenolic OH excluding ortho intramolecular Hbond substituents is 2. The van der Waals surface area contributed by atoms with Crippen molar-refractivity contribution in [3.8, 4) is 11.5 Å². The van der Waals surface area contributed by atoms with Gasteiger partial charge in [-0.05, 0) is 30.3 Å². The Labute approximate surface area is 141 Å². The molecular formula is C18H13ClN2O3. The van der Waals surface area contributed by atoms with Crippen LogP contribution in [0.5, 0.6) is 11.5 Å². The first-order valence-electron chi connectivity index (χ1n) is 7.10. The van der Waals surface area contributed by atoms with Crippen LogP contribution in [0.25, 0.3) is 21.8 Å². The fraction of sp³-hybridized carbons (Fsp3) is 0. The Kier molecular flexibility index (Phi) is 4.35. The lowest BCUT2D eigenvalue weighted by Crippen LogP contribution is -2.01. The first-order valence-corrected chi connectivity index (χ1v) is 7.47. The van der Waals surface area contributed by atoms with E-state index in [1.807, 2.05) is 18.2 Å². The molecule has 0 amide bonds. The molecule has 120 valence electrons. The van der Waals surface area contributed by atoms with Gasteiger partial charge in [-0.2, -0.15) is 0 Å². The largest absolute Gasteiger partial charge is 0.506 e. The Hall–Kier alpha value is -3.05. The van der Waals surface area contributed by atoms with Gasteiger partial charge in [0.05, 0.1) is 5.52 Å². The van der Waals surface area contributed by atoms with Crippen molar-refractivity contribution in [1.29, 1.82) is 0 Å². The van der Waals surface area contributed by atoms with Gasteiger partial charge < -0.3 is 15.2 Å². The molecule has 0 radical (unpaired) electrons. The molecule has 0 fully saturated rings. The minimum absolute atomic E-state index is 0.102. The van der Waals surface area contributed by atoms with Crippen LogP contribution >= 0.6 is 11.6 Å². The molecule has 2 aromatic carbocycles. The topological polar surface area (TPSA) is 86.2 Å². The average Bonchev–Trinajstić information content (AvgIpc) is 2.57. The highest BCUT2D eigenvalue weighted by Gasteiger charge is 2.00. The minimum Gasteiger partial charge on any atom is -0.506 e. The maximum Gasteiger partial charge on any atom is 0.248 e. The van der Waals surface area contributed by atoms with Crippen LogP contribution < -0.4 is 5.56 Å². The SMILES string of the molecule is O=c1ccc2cccc(O)c2[nH]1.Oc1cccc2ccc(Cl)nc12. The number of H-pyrrole nitrogens is 1. The number of benzene rings is 2. The lowest BCUT2D eigenvalue weighted by Gasteiger charge is -1.98. The number of aromatic amines is 1. The molecular weight excluding hydrogens is 328 g/mol. The number of nitrogens with one attached hydrogen (secondary N) is 1. The van der Waals surface area contributed by atoms with E-state index >= 15 is 0 Å². The highest BCUT2D eigenvalue weighted by atomic mass is 35.5. The Morgan fingerprint density at radius 3 is 2.29 bits per heavy atom. The Balaban J connectivity index is 0.000000141. The normalized spacial score (nSPS) is 10.4. The van der Waals surface area contributed by atoms with Gasteiger partial charge in [-0.1, -0.05) is 35.9 Å². The molecule has 4 aromatic rings. The summed E-state index contributed by atoms with van der Waals surface area (Å²) >= 11 is 5.67. The molecule has 0 aliphatic heterocycles. The van der Waals surface area contributed by atoms with Gasteiger partial charge in [0.1, 0.15) is 22.2 Å². The number of pyridine rings is 2. The predicted octanol–water partition coefficient (Wildman–Crippen LogP) is 3.83. The first kappa shape index (κ1) is 15.8. The highest BCUT2D eigenvalue weighted by molar-refractivity contribution is 6.29. The molecule has 0 saturated carbocycles. The second-order valence-electron chi connectivity index (χ2n) is 5.05. The summed E-state index contributed by atoms with van der Waals surface area (Å²) in [5.74, 6) is 0.264. The fourth-order valence-corrected chi connectivity index (χ4v) is 2.42. The number of hydrogen-bond acceptors (Lipinski definition) is 4. The predicted molar refractivity (Wildman–Crippen MR) is 94.7 cm³/mol. The van der Waals surface area contributed by atoms with Crippen molar-refractivity contribution in [2.45, 2.75) is 0 Å². The molecule has 0 aliphatic carbocycles. The maximum atomic E-state index is 10.9. The molecule has 2 aromatic heterocycles. The quantitative estimate of drug-likeness (QED) is 0.425. The number of aromatic hydroxyl groups is 2. The monoisotopic (exact) mass is 340 g/mol. The van der Waals surface area contributed by atoms with Gasteiger partial charge in [0.25, 0.3) is 0 Å². The zero-order chi connectivity index (χ0) is 17.1. The number of aromatic nitrogens is 2. The van der Waals surface area contributed by atoms with Gasteiger partial charge in [0.15, 0.2) is 0 Å². The molecule has 2 heterocycles. The summed E-state index contributed by atoms with van der Waals surface area (Å²) in [6, 6.07) is 17.0. The van der Waals surface area contributed by atoms with E-state index in [4.69, 9.17) is 11.6 Å². The van der Waals surface area contributed by atoms with E-state index in [-0.39, 0.29) is 17.1 Å². The van der Waals surface area contributed by atoms with Crippen LogP contribution in [0, 0.1) is 0 Å². The molecule has 0 aliphatic rings. The fourth-order valence-electron chi connectivity index (χ4n) is 2.27. The summed E-state index contributed by atoms with van der Waals surface area (Å²) in [4.78, 5) is 17.4. The molecule has 0 spiro atoms. The van der Waals surface area contributed by atoms with E-state index in [2.05, 4.69) is 9.97 Å². The molecule has 6 heteroatoms. The van der Waals surface area contributed by atoms with Gasteiger partial charge in [-0.15, -0.1) is 0 Å². The smallest absolute Gasteiger partial charge is 0.248 e. The number of para-hydroxylation sites is 2. The van der Waals surface area contributed by atoms with Crippen molar-refractivity contribution in [2.24, 2.45) is 0 Å². The van der Waals surface area contributed by atoms with E-state index in [0.29, 0.717) is 16.2 Å². The average molecular weight is 341 g/mol. The number of halogens is 1. The molecule has 0 bridgehead atoms. The van der Waals surface area contributed by atoms with E-state index in [0.717, 1.165) is 10.8 Å². The van der Waals surface area contributed by atoms with Gasteiger partial charge >= 0.3 is 0 Å². The molecule has 5 nitrogen and oxygen atoms in total. The van der Waals surface area contributed by atoms with Crippen molar-refractivity contribution in [1.82, 2.24) is 9.97 Å². The van der Waals surface area contributed by atoms with E-state index < -0.39 is 0 Å². The molecule has 0 unspecified atom stereocenters. The number of fused-ring (bicyclic) bond motifs is 2. The molecule has 4 rings (SSSR count). The van der Waals surface area contributed by atoms with Gasteiger partial charge in [0, 0.05) is 16.8 Å².